The average molecular weight is 397 g/mol. The second-order valence-electron chi connectivity index (χ2n) is 7.02. The molecular formula is C21H23N3O5. The van der Waals surface area contributed by atoms with Crippen LogP contribution in [-0.2, 0) is 9.53 Å². The number of carbonyl (C=O) groups is 2. The van der Waals surface area contributed by atoms with Crippen LogP contribution in [0.3, 0.4) is 0 Å². The summed E-state index contributed by atoms with van der Waals surface area (Å²) < 4.78 is 5.21. The number of nitrogens with zero attached hydrogens (tertiary/aromatic N) is 1. The first-order valence-corrected chi connectivity index (χ1v) is 9.56. The van der Waals surface area contributed by atoms with E-state index in [0.717, 1.165) is 31.7 Å². The minimum absolute atomic E-state index is 0.0100. The molecule has 152 valence electrons. The number of para-hydroxylation sites is 1. The van der Waals surface area contributed by atoms with Crippen LogP contribution in [0.25, 0.3) is 0 Å². The van der Waals surface area contributed by atoms with E-state index in [4.69, 9.17) is 4.74 Å². The first kappa shape index (κ1) is 20.3. The molecule has 0 saturated heterocycles. The maximum Gasteiger partial charge on any atom is 0.339 e. The van der Waals surface area contributed by atoms with E-state index in [9.17, 15) is 19.7 Å². The fourth-order valence-electron chi connectivity index (χ4n) is 3.26. The number of ether oxygens (including phenoxy) is 1. The lowest BCUT2D eigenvalue weighted by Gasteiger charge is -2.17. The molecule has 0 bridgehead atoms. The molecule has 2 N–H and O–H groups in total. The fourth-order valence-corrected chi connectivity index (χ4v) is 3.26. The molecule has 1 aliphatic rings. The summed E-state index contributed by atoms with van der Waals surface area (Å²) in [6, 6.07) is 13.1. The van der Waals surface area contributed by atoms with Crippen LogP contribution in [0.5, 0.6) is 0 Å². The van der Waals surface area contributed by atoms with E-state index in [1.165, 1.54) is 19.1 Å². The number of rotatable bonds is 7. The second kappa shape index (κ2) is 9.18. The summed E-state index contributed by atoms with van der Waals surface area (Å²) in [6.45, 7) is 1.49. The highest BCUT2D eigenvalue weighted by Crippen LogP contribution is 2.29. The average Bonchev–Trinajstić information content (AvgIpc) is 3.21. The zero-order chi connectivity index (χ0) is 20.8. The standard InChI is InChI=1S/C21H23N3O5/c1-14(20(25)23-17-9-5-6-10-17)29-21(26)15-11-12-18(19(13-15)24(27)28)22-16-7-3-2-4-8-16/h2-4,7-8,11-14,17,22H,5-6,9-10H2,1H3,(H,23,25)/t14-/m0/s1. The van der Waals surface area contributed by atoms with Gasteiger partial charge < -0.3 is 15.4 Å². The Morgan fingerprint density at radius 1 is 1.14 bits per heavy atom. The van der Waals surface area contributed by atoms with Crippen LogP contribution in [0.1, 0.15) is 43.0 Å². The number of carbonyl (C=O) groups excluding carboxylic acids is 2. The molecule has 1 fully saturated rings. The van der Waals surface area contributed by atoms with Gasteiger partial charge in [0.2, 0.25) is 0 Å². The van der Waals surface area contributed by atoms with Crippen molar-refractivity contribution in [1.82, 2.24) is 5.32 Å². The topological polar surface area (TPSA) is 111 Å². The molecule has 0 aromatic heterocycles. The third kappa shape index (κ3) is 5.31. The van der Waals surface area contributed by atoms with Crippen molar-refractivity contribution in [2.45, 2.75) is 44.8 Å². The van der Waals surface area contributed by atoms with E-state index in [0.29, 0.717) is 5.69 Å². The highest BCUT2D eigenvalue weighted by Gasteiger charge is 2.25. The molecule has 0 radical (unpaired) electrons. The first-order valence-electron chi connectivity index (χ1n) is 9.56. The van der Waals surface area contributed by atoms with Crippen molar-refractivity contribution >= 4 is 28.9 Å². The largest absolute Gasteiger partial charge is 0.449 e. The molecule has 29 heavy (non-hydrogen) atoms. The van der Waals surface area contributed by atoms with Crippen molar-refractivity contribution in [2.24, 2.45) is 0 Å². The van der Waals surface area contributed by atoms with Crippen LogP contribution in [0.2, 0.25) is 0 Å². The summed E-state index contributed by atoms with van der Waals surface area (Å²) in [5.74, 6) is -1.14. The monoisotopic (exact) mass is 397 g/mol. The fraction of sp³-hybridized carbons (Fsp3) is 0.333. The Morgan fingerprint density at radius 3 is 2.48 bits per heavy atom. The summed E-state index contributed by atoms with van der Waals surface area (Å²) in [5, 5.41) is 17.3. The Labute approximate surface area is 168 Å². The van der Waals surface area contributed by atoms with Crippen molar-refractivity contribution in [2.75, 3.05) is 5.32 Å². The van der Waals surface area contributed by atoms with E-state index in [-0.39, 0.29) is 28.9 Å². The van der Waals surface area contributed by atoms with Gasteiger partial charge in [0.15, 0.2) is 6.10 Å². The Bertz CT molecular complexity index is 894. The van der Waals surface area contributed by atoms with E-state index < -0.39 is 17.0 Å². The highest BCUT2D eigenvalue weighted by atomic mass is 16.6. The molecule has 8 heteroatoms. The molecule has 1 aliphatic carbocycles. The predicted octanol–water partition coefficient (Wildman–Crippen LogP) is 3.94. The number of nitro benzene ring substituents is 1. The van der Waals surface area contributed by atoms with Gasteiger partial charge in [-0.15, -0.1) is 0 Å². The summed E-state index contributed by atoms with van der Waals surface area (Å²) in [6.07, 6.45) is 3.02. The van der Waals surface area contributed by atoms with E-state index in [1.807, 2.05) is 6.07 Å². The number of hydrogen-bond donors (Lipinski definition) is 2. The number of hydrogen-bond acceptors (Lipinski definition) is 6. The lowest BCUT2D eigenvalue weighted by atomic mass is 10.1. The molecule has 0 aliphatic heterocycles. The van der Waals surface area contributed by atoms with E-state index in [2.05, 4.69) is 10.6 Å². The summed E-state index contributed by atoms with van der Waals surface area (Å²) >= 11 is 0. The van der Waals surface area contributed by atoms with Crippen molar-refractivity contribution in [3.63, 3.8) is 0 Å². The van der Waals surface area contributed by atoms with Gasteiger partial charge in [-0.2, -0.15) is 0 Å². The minimum Gasteiger partial charge on any atom is -0.449 e. The van der Waals surface area contributed by atoms with Crippen molar-refractivity contribution in [1.29, 1.82) is 0 Å². The molecule has 8 nitrogen and oxygen atoms in total. The molecule has 2 aromatic carbocycles. The number of esters is 1. The number of nitro groups is 1. The van der Waals surface area contributed by atoms with Crippen molar-refractivity contribution in [3.8, 4) is 0 Å². The SMILES string of the molecule is C[C@H](OC(=O)c1ccc(Nc2ccccc2)c([N+](=O)[O-])c1)C(=O)NC1CCCC1. The zero-order valence-electron chi connectivity index (χ0n) is 16.1. The predicted molar refractivity (Wildman–Crippen MR) is 108 cm³/mol. The smallest absolute Gasteiger partial charge is 0.339 e. The number of anilines is 2. The van der Waals surface area contributed by atoms with Gasteiger partial charge in [-0.25, -0.2) is 4.79 Å². The van der Waals surface area contributed by atoms with Gasteiger partial charge in [0, 0.05) is 17.8 Å². The Morgan fingerprint density at radius 2 is 1.83 bits per heavy atom. The van der Waals surface area contributed by atoms with E-state index >= 15 is 0 Å². The Hall–Kier alpha value is -3.42. The van der Waals surface area contributed by atoms with Gasteiger partial charge in [-0.05, 0) is 44.0 Å². The van der Waals surface area contributed by atoms with Crippen molar-refractivity contribution < 1.29 is 19.2 Å². The molecule has 3 rings (SSSR count). The molecule has 0 unspecified atom stereocenters. The second-order valence-corrected chi connectivity index (χ2v) is 7.02. The third-order valence-corrected chi connectivity index (χ3v) is 4.84. The van der Waals surface area contributed by atoms with Crippen LogP contribution in [0.4, 0.5) is 17.1 Å². The number of nitrogens with one attached hydrogen (secondary N) is 2. The summed E-state index contributed by atoms with van der Waals surface area (Å²) in [5.41, 5.74) is 0.690. The molecular weight excluding hydrogens is 374 g/mol. The molecule has 1 atom stereocenters. The van der Waals surface area contributed by atoms with Crippen LogP contribution in [0, 0.1) is 10.1 Å². The van der Waals surface area contributed by atoms with Gasteiger partial charge in [-0.1, -0.05) is 31.0 Å². The quantitative estimate of drug-likeness (QED) is 0.416. The molecule has 0 heterocycles. The van der Waals surface area contributed by atoms with Crippen LogP contribution >= 0.6 is 0 Å². The molecule has 1 saturated carbocycles. The third-order valence-electron chi connectivity index (χ3n) is 4.84. The van der Waals surface area contributed by atoms with Crippen molar-refractivity contribution in [3.05, 3.63) is 64.2 Å². The first-order chi connectivity index (χ1) is 13.9. The molecule has 2 aromatic rings. The lowest BCUT2D eigenvalue weighted by Crippen LogP contribution is -2.40. The maximum atomic E-state index is 12.4. The zero-order valence-corrected chi connectivity index (χ0v) is 16.1. The van der Waals surface area contributed by atoms with Crippen LogP contribution in [0.15, 0.2) is 48.5 Å². The van der Waals surface area contributed by atoms with E-state index in [1.54, 1.807) is 24.3 Å². The highest BCUT2D eigenvalue weighted by molar-refractivity contribution is 5.94. The maximum absolute atomic E-state index is 12.4. The van der Waals surface area contributed by atoms with Gasteiger partial charge in [0.1, 0.15) is 5.69 Å². The van der Waals surface area contributed by atoms with Gasteiger partial charge in [-0.3, -0.25) is 14.9 Å². The lowest BCUT2D eigenvalue weighted by molar-refractivity contribution is -0.383. The Kier molecular flexibility index (Phi) is 6.43. The minimum atomic E-state index is -0.982. The van der Waals surface area contributed by atoms with Crippen LogP contribution < -0.4 is 10.6 Å². The van der Waals surface area contributed by atoms with Crippen LogP contribution in [-0.4, -0.2) is 28.9 Å². The molecule has 1 amide bonds. The van der Waals surface area contributed by atoms with Gasteiger partial charge >= 0.3 is 5.97 Å². The number of amides is 1. The molecule has 0 spiro atoms. The van der Waals surface area contributed by atoms with Gasteiger partial charge in [0.05, 0.1) is 10.5 Å². The number of benzene rings is 2. The normalized spacial score (nSPS) is 14.8. The summed E-state index contributed by atoms with van der Waals surface area (Å²) in [4.78, 5) is 35.5. The summed E-state index contributed by atoms with van der Waals surface area (Å²) in [7, 11) is 0. The Balaban J connectivity index is 1.69. The van der Waals surface area contributed by atoms with Gasteiger partial charge in [0.25, 0.3) is 11.6 Å².